The summed E-state index contributed by atoms with van der Waals surface area (Å²) in [4.78, 5) is 10.9. The number of carboxylic acids is 1. The molecular formula is C10H10ClNO2. The van der Waals surface area contributed by atoms with Crippen LogP contribution in [-0.2, 0) is 11.3 Å². The number of carbonyl (C=O) groups is 1. The third-order valence-corrected chi connectivity index (χ3v) is 2.83. The van der Waals surface area contributed by atoms with Gasteiger partial charge in [-0.25, -0.2) is 0 Å². The highest BCUT2D eigenvalue weighted by atomic mass is 35.5. The predicted molar refractivity (Wildman–Crippen MR) is 53.5 cm³/mol. The number of rotatable bonds is 1. The summed E-state index contributed by atoms with van der Waals surface area (Å²) >= 11 is 5.98. The summed E-state index contributed by atoms with van der Waals surface area (Å²) in [6.45, 7) is 1.13. The number of nitrogens with one attached hydrogen (secondary N) is 1. The summed E-state index contributed by atoms with van der Waals surface area (Å²) in [5.74, 6) is -1.28. The van der Waals surface area contributed by atoms with Crippen molar-refractivity contribution in [3.63, 3.8) is 0 Å². The zero-order valence-electron chi connectivity index (χ0n) is 7.46. The number of carboxylic acid groups (broad SMARTS) is 1. The van der Waals surface area contributed by atoms with Crippen molar-refractivity contribution in [2.75, 3.05) is 6.54 Å². The molecule has 1 aliphatic heterocycles. The van der Waals surface area contributed by atoms with Crippen LogP contribution in [0.4, 0.5) is 0 Å². The molecule has 0 saturated carbocycles. The monoisotopic (exact) mass is 211 g/mol. The van der Waals surface area contributed by atoms with Crippen LogP contribution in [0.3, 0.4) is 0 Å². The number of hydrogen-bond acceptors (Lipinski definition) is 2. The lowest BCUT2D eigenvalue weighted by Gasteiger charge is -2.23. The molecule has 0 bridgehead atoms. The maximum Gasteiger partial charge on any atom is 0.312 e. The maximum atomic E-state index is 10.9. The van der Waals surface area contributed by atoms with Gasteiger partial charge in [-0.3, -0.25) is 4.79 Å². The predicted octanol–water partition coefficient (Wildman–Crippen LogP) is 1.61. The lowest BCUT2D eigenvalue weighted by molar-refractivity contribution is -0.138. The average Bonchev–Trinajstić information content (AvgIpc) is 2.17. The summed E-state index contributed by atoms with van der Waals surface area (Å²) in [7, 11) is 0. The van der Waals surface area contributed by atoms with Crippen molar-refractivity contribution in [2.24, 2.45) is 0 Å². The Kier molecular flexibility index (Phi) is 2.44. The molecule has 0 fully saturated rings. The van der Waals surface area contributed by atoms with Crippen LogP contribution in [-0.4, -0.2) is 17.6 Å². The fraction of sp³-hybridized carbons (Fsp3) is 0.300. The molecule has 1 aromatic carbocycles. The summed E-state index contributed by atoms with van der Waals surface area (Å²) in [6, 6.07) is 5.41. The van der Waals surface area contributed by atoms with Crippen LogP contribution in [0.1, 0.15) is 17.0 Å². The van der Waals surface area contributed by atoms with Gasteiger partial charge in [0.25, 0.3) is 0 Å². The molecule has 0 amide bonds. The van der Waals surface area contributed by atoms with Gasteiger partial charge in [-0.2, -0.15) is 0 Å². The minimum atomic E-state index is -0.805. The molecule has 0 spiro atoms. The van der Waals surface area contributed by atoms with Gasteiger partial charge in [-0.05, 0) is 17.2 Å². The van der Waals surface area contributed by atoms with Gasteiger partial charge in [0.2, 0.25) is 0 Å². The Morgan fingerprint density at radius 3 is 3.07 bits per heavy atom. The Morgan fingerprint density at radius 2 is 2.36 bits per heavy atom. The first-order valence-electron chi connectivity index (χ1n) is 4.41. The lowest BCUT2D eigenvalue weighted by Crippen LogP contribution is -2.32. The first-order valence-corrected chi connectivity index (χ1v) is 4.78. The molecule has 1 atom stereocenters. The minimum Gasteiger partial charge on any atom is -0.481 e. The van der Waals surface area contributed by atoms with Gasteiger partial charge in [0, 0.05) is 18.1 Å². The van der Waals surface area contributed by atoms with Crippen LogP contribution >= 0.6 is 11.6 Å². The number of benzene rings is 1. The second-order valence-electron chi connectivity index (χ2n) is 3.33. The normalized spacial score (nSPS) is 20.2. The Morgan fingerprint density at radius 1 is 1.57 bits per heavy atom. The summed E-state index contributed by atoms with van der Waals surface area (Å²) in [5.41, 5.74) is 1.75. The minimum absolute atomic E-state index is 0.475. The van der Waals surface area contributed by atoms with E-state index in [0.29, 0.717) is 18.1 Å². The van der Waals surface area contributed by atoms with Gasteiger partial charge in [-0.15, -0.1) is 0 Å². The van der Waals surface area contributed by atoms with Crippen molar-refractivity contribution in [3.8, 4) is 0 Å². The standard InChI is InChI=1S/C10H10ClNO2/c11-9-3-1-2-6-7(9)4-12-5-8(6)10(13)14/h1-3,8,12H,4-5H2,(H,13,14). The van der Waals surface area contributed by atoms with E-state index in [4.69, 9.17) is 16.7 Å². The van der Waals surface area contributed by atoms with Crippen molar-refractivity contribution in [2.45, 2.75) is 12.5 Å². The van der Waals surface area contributed by atoms with E-state index in [1.165, 1.54) is 0 Å². The van der Waals surface area contributed by atoms with E-state index in [1.807, 2.05) is 6.07 Å². The van der Waals surface area contributed by atoms with Crippen LogP contribution in [0.25, 0.3) is 0 Å². The molecule has 0 aromatic heterocycles. The third-order valence-electron chi connectivity index (χ3n) is 2.48. The topological polar surface area (TPSA) is 49.3 Å². The smallest absolute Gasteiger partial charge is 0.312 e. The van der Waals surface area contributed by atoms with Crippen molar-refractivity contribution in [3.05, 3.63) is 34.3 Å². The Labute approximate surface area is 86.7 Å². The van der Waals surface area contributed by atoms with E-state index in [-0.39, 0.29) is 0 Å². The van der Waals surface area contributed by atoms with Gasteiger partial charge < -0.3 is 10.4 Å². The first kappa shape index (κ1) is 9.49. The van der Waals surface area contributed by atoms with E-state index in [2.05, 4.69) is 5.32 Å². The zero-order chi connectivity index (χ0) is 10.1. The van der Waals surface area contributed by atoms with Gasteiger partial charge >= 0.3 is 5.97 Å². The molecule has 0 aliphatic carbocycles. The second-order valence-corrected chi connectivity index (χ2v) is 3.74. The quantitative estimate of drug-likeness (QED) is 0.742. The van der Waals surface area contributed by atoms with Crippen LogP contribution in [0, 0.1) is 0 Å². The van der Waals surface area contributed by atoms with Gasteiger partial charge in [-0.1, -0.05) is 23.7 Å². The van der Waals surface area contributed by atoms with Crippen molar-refractivity contribution >= 4 is 17.6 Å². The number of fused-ring (bicyclic) bond motifs is 1. The van der Waals surface area contributed by atoms with E-state index < -0.39 is 11.9 Å². The first-order chi connectivity index (χ1) is 6.70. The Balaban J connectivity index is 2.49. The van der Waals surface area contributed by atoms with Crippen LogP contribution in [0.15, 0.2) is 18.2 Å². The van der Waals surface area contributed by atoms with Crippen LogP contribution < -0.4 is 5.32 Å². The number of aliphatic carboxylic acids is 1. The number of hydrogen-bond donors (Lipinski definition) is 2. The fourth-order valence-corrected chi connectivity index (χ4v) is 2.01. The van der Waals surface area contributed by atoms with Crippen molar-refractivity contribution in [1.29, 1.82) is 0 Å². The SMILES string of the molecule is O=C(O)C1CNCc2c(Cl)cccc21. The molecule has 1 heterocycles. The van der Waals surface area contributed by atoms with Gasteiger partial charge in [0.05, 0.1) is 5.92 Å². The average molecular weight is 212 g/mol. The molecule has 0 radical (unpaired) electrons. The number of halogens is 1. The molecule has 2 rings (SSSR count). The van der Waals surface area contributed by atoms with Crippen molar-refractivity contribution < 1.29 is 9.90 Å². The Hall–Kier alpha value is -1.06. The summed E-state index contributed by atoms with van der Waals surface area (Å²) < 4.78 is 0. The Bertz CT molecular complexity index is 378. The molecule has 2 N–H and O–H groups in total. The largest absolute Gasteiger partial charge is 0.481 e. The summed E-state index contributed by atoms with van der Waals surface area (Å²) in [6.07, 6.45) is 0. The van der Waals surface area contributed by atoms with E-state index >= 15 is 0 Å². The molecular weight excluding hydrogens is 202 g/mol. The maximum absolute atomic E-state index is 10.9. The van der Waals surface area contributed by atoms with Gasteiger partial charge in [0.1, 0.15) is 0 Å². The highest BCUT2D eigenvalue weighted by molar-refractivity contribution is 6.31. The molecule has 14 heavy (non-hydrogen) atoms. The van der Waals surface area contributed by atoms with E-state index in [9.17, 15) is 4.79 Å². The molecule has 1 aliphatic rings. The summed E-state index contributed by atoms with van der Waals surface area (Å²) in [5, 5.41) is 12.7. The van der Waals surface area contributed by atoms with Gasteiger partial charge in [0.15, 0.2) is 0 Å². The van der Waals surface area contributed by atoms with Crippen LogP contribution in [0.2, 0.25) is 5.02 Å². The molecule has 3 nitrogen and oxygen atoms in total. The van der Waals surface area contributed by atoms with E-state index in [1.54, 1.807) is 12.1 Å². The third kappa shape index (κ3) is 1.49. The van der Waals surface area contributed by atoms with E-state index in [0.717, 1.165) is 11.1 Å². The van der Waals surface area contributed by atoms with Crippen LogP contribution in [0.5, 0.6) is 0 Å². The highest BCUT2D eigenvalue weighted by Gasteiger charge is 2.26. The van der Waals surface area contributed by atoms with Crippen molar-refractivity contribution in [1.82, 2.24) is 5.32 Å². The molecule has 4 heteroatoms. The molecule has 74 valence electrons. The fourth-order valence-electron chi connectivity index (χ4n) is 1.76. The molecule has 1 unspecified atom stereocenters. The second kappa shape index (κ2) is 3.59. The lowest BCUT2D eigenvalue weighted by atomic mass is 9.91. The zero-order valence-corrected chi connectivity index (χ0v) is 8.21. The molecule has 1 aromatic rings. The highest BCUT2D eigenvalue weighted by Crippen LogP contribution is 2.29. The molecule has 0 saturated heterocycles.